The van der Waals surface area contributed by atoms with Crippen LogP contribution >= 0.6 is 0 Å². The van der Waals surface area contributed by atoms with Crippen LogP contribution in [0, 0.1) is 0 Å². The summed E-state index contributed by atoms with van der Waals surface area (Å²) < 4.78 is 3.56. The van der Waals surface area contributed by atoms with E-state index < -0.39 is 0 Å². The van der Waals surface area contributed by atoms with Gasteiger partial charge < -0.3 is 5.32 Å². The molecule has 17 heavy (non-hydrogen) atoms. The molecular formula is C11H18N6. The number of aromatic nitrogens is 5. The highest BCUT2D eigenvalue weighted by molar-refractivity contribution is 5.16. The first-order valence-electron chi connectivity index (χ1n) is 5.75. The Morgan fingerprint density at radius 1 is 1.18 bits per heavy atom. The number of nitrogens with one attached hydrogen (secondary N) is 1. The van der Waals surface area contributed by atoms with E-state index in [2.05, 4.69) is 33.6 Å². The molecule has 0 aromatic carbocycles. The Labute approximate surface area is 101 Å². The second-order valence-electron chi connectivity index (χ2n) is 4.07. The molecule has 0 aliphatic heterocycles. The largest absolute Gasteiger partial charge is 0.306 e. The van der Waals surface area contributed by atoms with E-state index in [0.717, 1.165) is 24.5 Å². The van der Waals surface area contributed by atoms with Crippen LogP contribution in [0.2, 0.25) is 0 Å². The van der Waals surface area contributed by atoms with E-state index in [9.17, 15) is 0 Å². The third kappa shape index (κ3) is 2.91. The van der Waals surface area contributed by atoms with Gasteiger partial charge in [-0.15, -0.1) is 0 Å². The van der Waals surface area contributed by atoms with Gasteiger partial charge in [0.25, 0.3) is 0 Å². The fraction of sp³-hybridized carbons (Fsp3) is 0.545. The molecule has 2 heterocycles. The Balaban J connectivity index is 1.89. The molecule has 0 fully saturated rings. The maximum absolute atomic E-state index is 4.40. The predicted octanol–water partition coefficient (Wildman–Crippen LogP) is 0.401. The van der Waals surface area contributed by atoms with Gasteiger partial charge in [-0.1, -0.05) is 6.92 Å². The predicted molar refractivity (Wildman–Crippen MR) is 64.1 cm³/mol. The fourth-order valence-electron chi connectivity index (χ4n) is 1.80. The average Bonchev–Trinajstić information content (AvgIpc) is 2.85. The number of nitrogens with zero attached hydrogens (tertiary/aromatic N) is 5. The molecule has 0 unspecified atom stereocenters. The highest BCUT2D eigenvalue weighted by atomic mass is 15.3. The topological polar surface area (TPSA) is 60.6 Å². The first-order valence-corrected chi connectivity index (χ1v) is 5.75. The van der Waals surface area contributed by atoms with Crippen molar-refractivity contribution in [1.82, 2.24) is 29.9 Å². The van der Waals surface area contributed by atoms with Crippen molar-refractivity contribution in [3.8, 4) is 0 Å². The van der Waals surface area contributed by atoms with E-state index in [1.807, 2.05) is 18.8 Å². The third-order valence-corrected chi connectivity index (χ3v) is 2.57. The Hall–Kier alpha value is -1.69. The molecule has 0 aliphatic carbocycles. The lowest BCUT2D eigenvalue weighted by molar-refractivity contribution is 0.646. The first-order chi connectivity index (χ1) is 8.19. The molecule has 6 heteroatoms. The van der Waals surface area contributed by atoms with Gasteiger partial charge in [0, 0.05) is 32.4 Å². The quantitative estimate of drug-likeness (QED) is 0.813. The molecule has 6 nitrogen and oxygen atoms in total. The third-order valence-electron chi connectivity index (χ3n) is 2.57. The van der Waals surface area contributed by atoms with Crippen molar-refractivity contribution in [3.63, 3.8) is 0 Å². The fourth-order valence-corrected chi connectivity index (χ4v) is 1.80. The van der Waals surface area contributed by atoms with E-state index >= 15 is 0 Å². The molecule has 2 aromatic rings. The number of hydrogen-bond donors (Lipinski definition) is 1. The molecule has 0 saturated carbocycles. The van der Waals surface area contributed by atoms with Gasteiger partial charge in [-0.05, 0) is 6.42 Å². The normalized spacial score (nSPS) is 11.0. The van der Waals surface area contributed by atoms with Crippen molar-refractivity contribution in [3.05, 3.63) is 29.6 Å². The maximum atomic E-state index is 4.40. The van der Waals surface area contributed by atoms with Gasteiger partial charge in [0.2, 0.25) is 0 Å². The van der Waals surface area contributed by atoms with Crippen LogP contribution in [0.1, 0.15) is 24.0 Å². The summed E-state index contributed by atoms with van der Waals surface area (Å²) in [5, 5.41) is 11.9. The van der Waals surface area contributed by atoms with Gasteiger partial charge in [-0.2, -0.15) is 10.2 Å². The van der Waals surface area contributed by atoms with E-state index in [1.54, 1.807) is 11.0 Å². The number of rotatable bonds is 5. The van der Waals surface area contributed by atoms with Crippen molar-refractivity contribution in [2.45, 2.75) is 26.4 Å². The highest BCUT2D eigenvalue weighted by Gasteiger charge is 2.05. The lowest BCUT2D eigenvalue weighted by Gasteiger charge is -2.01. The monoisotopic (exact) mass is 234 g/mol. The number of aryl methyl sites for hydroxylation is 3. The smallest absolute Gasteiger partial charge is 0.164 e. The molecular weight excluding hydrogens is 216 g/mol. The zero-order chi connectivity index (χ0) is 12.3. The summed E-state index contributed by atoms with van der Waals surface area (Å²) >= 11 is 0. The van der Waals surface area contributed by atoms with E-state index in [-0.39, 0.29) is 0 Å². The van der Waals surface area contributed by atoms with Crippen LogP contribution in [-0.2, 0) is 33.6 Å². The van der Waals surface area contributed by atoms with Crippen molar-refractivity contribution in [1.29, 1.82) is 0 Å². The zero-order valence-corrected chi connectivity index (χ0v) is 10.5. The molecule has 92 valence electrons. The van der Waals surface area contributed by atoms with Crippen molar-refractivity contribution in [2.24, 2.45) is 14.1 Å². The minimum Gasteiger partial charge on any atom is -0.306 e. The van der Waals surface area contributed by atoms with Crippen LogP contribution in [0.4, 0.5) is 0 Å². The van der Waals surface area contributed by atoms with Gasteiger partial charge in [-0.25, -0.2) is 4.98 Å². The molecule has 0 radical (unpaired) electrons. The maximum Gasteiger partial charge on any atom is 0.164 e. The lowest BCUT2D eigenvalue weighted by atomic mass is 10.2. The van der Waals surface area contributed by atoms with Gasteiger partial charge in [0.05, 0.1) is 12.2 Å². The van der Waals surface area contributed by atoms with Gasteiger partial charge in [0.15, 0.2) is 5.82 Å². The Morgan fingerprint density at radius 3 is 2.65 bits per heavy atom. The molecule has 0 aliphatic rings. The Bertz CT molecular complexity index is 484. The van der Waals surface area contributed by atoms with Crippen molar-refractivity contribution >= 4 is 0 Å². The second kappa shape index (κ2) is 5.09. The summed E-state index contributed by atoms with van der Waals surface area (Å²) in [4.78, 5) is 4.16. The summed E-state index contributed by atoms with van der Waals surface area (Å²) in [6.45, 7) is 3.60. The number of hydrogen-bond acceptors (Lipinski definition) is 4. The van der Waals surface area contributed by atoms with Crippen LogP contribution in [0.5, 0.6) is 0 Å². The molecule has 2 aromatic heterocycles. The molecule has 0 bridgehead atoms. The van der Waals surface area contributed by atoms with Crippen LogP contribution < -0.4 is 5.32 Å². The minimum atomic E-state index is 0.679. The molecule has 2 rings (SSSR count). The molecule has 0 saturated heterocycles. The van der Waals surface area contributed by atoms with Gasteiger partial charge in [0.1, 0.15) is 6.33 Å². The molecule has 1 N–H and O–H groups in total. The van der Waals surface area contributed by atoms with Crippen LogP contribution in [0.3, 0.4) is 0 Å². The summed E-state index contributed by atoms with van der Waals surface area (Å²) in [5.41, 5.74) is 2.39. The van der Waals surface area contributed by atoms with Gasteiger partial charge in [-0.3, -0.25) is 9.36 Å². The van der Waals surface area contributed by atoms with E-state index in [4.69, 9.17) is 0 Å². The average molecular weight is 234 g/mol. The second-order valence-corrected chi connectivity index (χ2v) is 4.07. The Kier molecular flexibility index (Phi) is 3.53. The van der Waals surface area contributed by atoms with Crippen molar-refractivity contribution < 1.29 is 0 Å². The summed E-state index contributed by atoms with van der Waals surface area (Å²) in [7, 11) is 3.82. The summed E-state index contributed by atoms with van der Waals surface area (Å²) in [5.74, 6) is 0.814. The van der Waals surface area contributed by atoms with Gasteiger partial charge >= 0.3 is 0 Å². The van der Waals surface area contributed by atoms with Crippen LogP contribution in [0.15, 0.2) is 12.5 Å². The standard InChI is InChI=1S/C11H18N6/c1-4-10-9(7-16(2)14-10)5-12-6-11-13-8-17(3)15-11/h7-8,12H,4-6H2,1-3H3. The first kappa shape index (κ1) is 11.8. The highest BCUT2D eigenvalue weighted by Crippen LogP contribution is 2.06. The minimum absolute atomic E-state index is 0.679. The van der Waals surface area contributed by atoms with Crippen LogP contribution in [-0.4, -0.2) is 24.5 Å². The summed E-state index contributed by atoms with van der Waals surface area (Å²) in [6, 6.07) is 0. The van der Waals surface area contributed by atoms with Crippen molar-refractivity contribution in [2.75, 3.05) is 0 Å². The molecule has 0 spiro atoms. The molecule has 0 atom stereocenters. The van der Waals surface area contributed by atoms with E-state index in [1.165, 1.54) is 5.56 Å². The van der Waals surface area contributed by atoms with Crippen LogP contribution in [0.25, 0.3) is 0 Å². The lowest BCUT2D eigenvalue weighted by Crippen LogP contribution is -2.14. The van der Waals surface area contributed by atoms with E-state index in [0.29, 0.717) is 6.54 Å². The zero-order valence-electron chi connectivity index (χ0n) is 10.5. The SMILES string of the molecule is CCc1nn(C)cc1CNCc1ncn(C)n1. The molecule has 0 amide bonds. The summed E-state index contributed by atoms with van der Waals surface area (Å²) in [6.07, 6.45) is 4.72. The Morgan fingerprint density at radius 2 is 2.00 bits per heavy atom.